The molecule has 0 radical (unpaired) electrons. The maximum absolute atomic E-state index is 11.0. The summed E-state index contributed by atoms with van der Waals surface area (Å²) in [5.41, 5.74) is 7.10. The average molecular weight is 1960 g/mol. The van der Waals surface area contributed by atoms with Gasteiger partial charge in [-0.05, 0) is 326 Å². The second kappa shape index (κ2) is 49.1. The van der Waals surface area contributed by atoms with Crippen molar-refractivity contribution in [2.24, 2.45) is 70.9 Å². The van der Waals surface area contributed by atoms with Crippen molar-refractivity contribution in [3.05, 3.63) is 140 Å². The number of aliphatic hydroxyl groups is 6. The average Bonchev–Trinajstić information content (AvgIpc) is 0.689. The molecule has 6 saturated heterocycles. The first-order chi connectivity index (χ1) is 83.3. The second-order valence-corrected chi connectivity index (χ2v) is 37.8. The molecule has 6 aromatic carbocycles. The van der Waals surface area contributed by atoms with Gasteiger partial charge in [-0.25, -0.2) is 0 Å². The van der Waals surface area contributed by atoms with E-state index in [2.05, 4.69) is 0 Å². The number of fused-ring (bicyclic) bond motifs is 18. The van der Waals surface area contributed by atoms with Gasteiger partial charge in [0, 0.05) is 155 Å². The Hall–Kier alpha value is -7.56. The third-order valence-electron chi connectivity index (χ3n) is 26.9. The number of methoxy groups -OCH3 is 12. The van der Waals surface area contributed by atoms with Gasteiger partial charge in [-0.2, -0.15) is 0 Å². The van der Waals surface area contributed by atoms with Gasteiger partial charge in [-0.15, -0.1) is 0 Å². The van der Waals surface area contributed by atoms with Crippen molar-refractivity contribution in [2.45, 2.75) is 271 Å². The van der Waals surface area contributed by atoms with Gasteiger partial charge in [0.2, 0.25) is 0 Å². The fraction of sp³-hybridized carbons (Fsp3) is 0.684. The Balaban J connectivity index is 0.000000178. The van der Waals surface area contributed by atoms with E-state index >= 15 is 0 Å². The minimum absolute atomic E-state index is 0.0147. The second-order valence-electron chi connectivity index (χ2n) is 37.8. The van der Waals surface area contributed by atoms with Crippen LogP contribution in [-0.4, -0.2) is 260 Å². The summed E-state index contributed by atoms with van der Waals surface area (Å²) in [5.74, 6) is -11.7. The van der Waals surface area contributed by atoms with E-state index in [0.29, 0.717) is 139 Å². The van der Waals surface area contributed by atoms with Gasteiger partial charge in [-0.1, -0.05) is 82.9 Å². The number of aliphatic hydroxyl groups excluding tert-OH is 6. The largest absolute Gasteiger partial charge is 0.493 e. The molecule has 0 bridgehead atoms. The molecule has 12 aliphatic rings. The molecule has 768 valence electrons. The number of piperidine rings is 6. The van der Waals surface area contributed by atoms with Crippen LogP contribution in [0.15, 0.2) is 72.8 Å². The maximum Gasteiger partial charge on any atom is 0.161 e. The van der Waals surface area contributed by atoms with E-state index in [1.807, 2.05) is 47.6 Å². The Labute approximate surface area is 890 Å². The molecule has 24 nitrogen and oxygen atoms in total. The molecular weight excluding hydrogens is 1740 g/mol. The molecule has 0 amide bonds. The standard InChI is InChI=1S/6C19H29NO3/c6*1-12(2)7-14-11-20-6-5-13-8-18(22-3)19(23-4)9-15(13)16(20)10-17(14)21/h6*8-9,12,14,16-17,21H,5-7,10-11H2,1-4H3/i1D3,4D3,7D2,11D2,12D,16D;2*1D3,7D2,11D2,12D,16D;2*4D3,11D2,16D;11D2,16D. The molecular formula is C114H174N6O18. The van der Waals surface area contributed by atoms with Gasteiger partial charge in [0.1, 0.15) is 0 Å². The summed E-state index contributed by atoms with van der Waals surface area (Å²) < 4.78 is 434. The first-order valence-corrected chi connectivity index (χ1v) is 47.5. The van der Waals surface area contributed by atoms with E-state index in [1.54, 1.807) is 61.6 Å². The summed E-state index contributed by atoms with van der Waals surface area (Å²) in [4.78, 5) is 8.02. The van der Waals surface area contributed by atoms with Crippen LogP contribution in [0.25, 0.3) is 0 Å². The number of ether oxygens (including phenoxy) is 12. The number of hydrogen-bond acceptors (Lipinski definition) is 24. The van der Waals surface area contributed by atoms with Crippen molar-refractivity contribution in [1.82, 2.24) is 29.4 Å². The van der Waals surface area contributed by atoms with Crippen molar-refractivity contribution < 1.29 is 149 Å². The third-order valence-corrected chi connectivity index (χ3v) is 26.9. The molecule has 138 heavy (non-hydrogen) atoms. The summed E-state index contributed by atoms with van der Waals surface area (Å²) in [6.07, 6.45) is -13.8. The van der Waals surface area contributed by atoms with Crippen molar-refractivity contribution in [3.8, 4) is 69.0 Å². The zero-order valence-corrected chi connectivity index (χ0v) is 82.7. The van der Waals surface area contributed by atoms with E-state index in [0.717, 1.165) is 53.5 Å². The minimum Gasteiger partial charge on any atom is -0.493 e. The highest BCUT2D eigenvalue weighted by Crippen LogP contribution is 2.52. The number of benzene rings is 6. The molecule has 18 rings (SSSR count). The van der Waals surface area contributed by atoms with Gasteiger partial charge >= 0.3 is 0 Å². The molecule has 6 aromatic rings. The Morgan fingerprint density at radius 3 is 0.594 bits per heavy atom. The van der Waals surface area contributed by atoms with Crippen LogP contribution in [0.1, 0.15) is 324 Å². The monoisotopic (exact) mass is 1960 g/mol. The Morgan fingerprint density at radius 2 is 0.435 bits per heavy atom. The highest BCUT2D eigenvalue weighted by molar-refractivity contribution is 5.55. The number of hydrogen-bond donors (Lipinski definition) is 6. The molecule has 12 aliphatic heterocycles. The van der Waals surface area contributed by atoms with E-state index in [9.17, 15) is 32.0 Å². The zero-order valence-electron chi connectivity index (χ0n) is 128. The van der Waals surface area contributed by atoms with Gasteiger partial charge in [0.25, 0.3) is 0 Å². The summed E-state index contributed by atoms with van der Waals surface area (Å²) in [6.45, 7) is -6.89. The van der Waals surface area contributed by atoms with Crippen molar-refractivity contribution in [2.75, 3.05) is 163 Å². The first kappa shape index (κ1) is 62.2. The lowest BCUT2D eigenvalue weighted by atomic mass is 9.79. The lowest BCUT2D eigenvalue weighted by Gasteiger charge is -2.46. The number of rotatable bonds is 24. The van der Waals surface area contributed by atoms with Crippen LogP contribution in [0.5, 0.6) is 69.0 Å². The summed E-state index contributed by atoms with van der Waals surface area (Å²) >= 11 is 0. The molecule has 6 fully saturated rings. The number of nitrogens with zero attached hydrogens (tertiary/aromatic N) is 6. The molecule has 21 atom stereocenters. The van der Waals surface area contributed by atoms with Crippen molar-refractivity contribution >= 4 is 0 Å². The van der Waals surface area contributed by atoms with Gasteiger partial charge < -0.3 is 87.5 Å². The highest BCUT2D eigenvalue weighted by atomic mass is 16.5. The molecule has 0 aromatic heterocycles. The predicted octanol–water partition coefficient (Wildman–Crippen LogP) is 18.2. The van der Waals surface area contributed by atoms with Crippen molar-refractivity contribution in [1.29, 1.82) is 0 Å². The van der Waals surface area contributed by atoms with Gasteiger partial charge in [-0.3, -0.25) is 29.4 Å². The van der Waals surface area contributed by atoms with Crippen LogP contribution in [0.4, 0.5) is 0 Å². The fourth-order valence-electron chi connectivity index (χ4n) is 20.2. The van der Waals surface area contributed by atoms with Crippen LogP contribution < -0.4 is 56.8 Å². The summed E-state index contributed by atoms with van der Waals surface area (Å²) in [7, 11) is 4.91. The van der Waals surface area contributed by atoms with Gasteiger partial charge in [0.05, 0.1) is 142 Å². The zero-order chi connectivity index (χ0) is 139. The van der Waals surface area contributed by atoms with E-state index in [-0.39, 0.29) is 116 Å². The Morgan fingerprint density at radius 1 is 0.275 bits per heavy atom. The van der Waals surface area contributed by atoms with Crippen LogP contribution in [0.3, 0.4) is 0 Å². The molecule has 0 spiro atoms. The first-order valence-electron chi connectivity index (χ1n) is 70.0. The van der Waals surface area contributed by atoms with Crippen LogP contribution >= 0.6 is 0 Å². The van der Waals surface area contributed by atoms with Crippen LogP contribution in [0, 0.1) is 70.9 Å². The fourth-order valence-corrected chi connectivity index (χ4v) is 20.2. The van der Waals surface area contributed by atoms with E-state index in [1.165, 1.54) is 93.6 Å². The van der Waals surface area contributed by atoms with Gasteiger partial charge in [0.15, 0.2) is 69.0 Å². The lowest BCUT2D eigenvalue weighted by Crippen LogP contribution is -2.48. The molecule has 6 N–H and O–H groups in total. The third kappa shape index (κ3) is 25.4. The summed E-state index contributed by atoms with van der Waals surface area (Å²) in [5, 5.41) is 65.4. The normalized spacial score (nSPS) is 39.8. The summed E-state index contributed by atoms with van der Waals surface area (Å²) in [6, 6.07) is 9.40. The predicted molar refractivity (Wildman–Crippen MR) is 547 cm³/mol. The van der Waals surface area contributed by atoms with Crippen LogP contribution in [-0.2, 0) is 38.5 Å². The van der Waals surface area contributed by atoms with E-state index in [4.69, 9.17) is 117 Å². The maximum atomic E-state index is 11.0. The van der Waals surface area contributed by atoms with Crippen LogP contribution in [0.2, 0.25) is 0 Å². The minimum atomic E-state index is -3.12. The topological polar surface area (TPSA) is 252 Å². The van der Waals surface area contributed by atoms with E-state index < -0.39 is 232 Å². The quantitative estimate of drug-likeness (QED) is 0.0329. The Bertz CT molecular complexity index is 6810. The molecule has 21 unspecified atom stereocenters. The molecule has 0 saturated carbocycles. The molecule has 12 heterocycles. The molecule has 0 aliphatic carbocycles. The Kier molecular flexibility index (Phi) is 22.2. The lowest BCUT2D eigenvalue weighted by molar-refractivity contribution is -0.0192. The SMILES string of the molecule is [2H]C([2H])([2H])Oc1cc2c(cc1OC)CCN1C2([2H])CC(O)C(C([2H])([2H])C([2H])(C)C([2H])([2H])[2H])C1([2H])[2H].[2H]C([2H])([2H])Oc1cc2c(cc1OC)CCN1C2([2H])CC(O)C(CC(C)C)C1([2H])[2H].[2H]C([2H])([2H])Oc1cc2c(cc1OC)CCN1C2([2H])CC(O)C(CC(C)C)C1([2H])[2H].[2H]C12CC(O)C(C([2H])([2H])C([2H])(C)C([2H])([2H])[2H])C([2H])([2H])N1CCc1cc(OC)c(OC)cc12.[2H]C12CC(O)C(C([2H])([2H])C([2H])(C)C([2H])([2H])[2H])C([2H])([2H])N1CCc1cc(OC)c(OC)cc12.[2H]C12CC(O)C(CC(C)C)C([2H])([2H])N1CCc1cc(OC)c(OC)cc12. The van der Waals surface area contributed by atoms with Crippen molar-refractivity contribution in [3.63, 3.8) is 0 Å². The molecule has 24 heteroatoms. The smallest absolute Gasteiger partial charge is 0.161 e. The highest BCUT2D eigenvalue weighted by Gasteiger charge is 2.47.